The van der Waals surface area contributed by atoms with Crippen LogP contribution in [0, 0.1) is 11.2 Å². The van der Waals surface area contributed by atoms with Gasteiger partial charge in [-0.3, -0.25) is 0 Å². The van der Waals surface area contributed by atoms with Crippen molar-refractivity contribution in [2.45, 2.75) is 0 Å². The fourth-order valence-electron chi connectivity index (χ4n) is 0.502. The third-order valence-corrected chi connectivity index (χ3v) is 2.58. The maximum absolute atomic E-state index is 2.89. The first-order valence-electron chi connectivity index (χ1n) is 3.19. The topological polar surface area (TPSA) is 0 Å². The Morgan fingerprint density at radius 2 is 1.50 bits per heavy atom. The first-order chi connectivity index (χ1) is 5.50. The van der Waals surface area contributed by atoms with E-state index in [4.69, 9.17) is 0 Å². The quantitative estimate of drug-likeness (QED) is 0.501. The molecule has 0 bridgehead atoms. The molecule has 0 aromatic heterocycles. The summed E-state index contributed by atoms with van der Waals surface area (Å²) in [5.74, 6) is 0. The summed E-state index contributed by atoms with van der Waals surface area (Å²) in [5.41, 5.74) is 0. The van der Waals surface area contributed by atoms with E-state index in [9.17, 15) is 0 Å². The third kappa shape index (κ3) is 6.84. The standard InChI is InChI=1S/C6H5.C3H3S2.Ni/c1-2-4-6-5-3-1;1-2-5-3-4-1;/h1-5H;1-3H;/q2*-1;+2. The molecule has 0 saturated carbocycles. The average Bonchev–Trinajstić information content (AvgIpc) is 2.64. The molecule has 0 radical (unpaired) electrons. The first kappa shape index (κ1) is 12.2. The van der Waals surface area contributed by atoms with Gasteiger partial charge in [-0.2, -0.15) is 36.4 Å². The molecular formula is C9H8NiS2. The molecule has 1 aliphatic rings. The van der Waals surface area contributed by atoms with Crippen LogP contribution in [0.15, 0.2) is 41.1 Å². The zero-order chi connectivity index (χ0) is 7.78. The van der Waals surface area contributed by atoms with E-state index in [-0.39, 0.29) is 16.5 Å². The Morgan fingerprint density at radius 1 is 0.917 bits per heavy atom. The van der Waals surface area contributed by atoms with Gasteiger partial charge in [-0.15, -0.1) is 0 Å². The van der Waals surface area contributed by atoms with E-state index in [2.05, 4.69) is 22.0 Å². The molecule has 0 fully saturated rings. The second-order valence-corrected chi connectivity index (χ2v) is 3.58. The van der Waals surface area contributed by atoms with E-state index < -0.39 is 0 Å². The Balaban J connectivity index is 0.000000189. The second-order valence-electron chi connectivity index (χ2n) is 1.72. The van der Waals surface area contributed by atoms with Gasteiger partial charge < -0.3 is 23.5 Å². The van der Waals surface area contributed by atoms with Crippen LogP contribution in [-0.2, 0) is 16.5 Å². The summed E-state index contributed by atoms with van der Waals surface area (Å²) in [6.45, 7) is 0. The maximum atomic E-state index is 2.89. The van der Waals surface area contributed by atoms with E-state index in [0.29, 0.717) is 0 Å². The van der Waals surface area contributed by atoms with Crippen molar-refractivity contribution in [1.82, 2.24) is 0 Å². The Hall–Kier alpha value is 0.154. The molecule has 0 N–H and O–H groups in total. The molecule has 0 unspecified atom stereocenters. The van der Waals surface area contributed by atoms with Crippen LogP contribution in [-0.4, -0.2) is 0 Å². The predicted octanol–water partition coefficient (Wildman–Crippen LogP) is 3.54. The molecule has 0 atom stereocenters. The SMILES string of the molecule is C1=CS[CH-]S1.[Ni+2].[c-]1ccccc1. The van der Waals surface area contributed by atoms with Crippen molar-refractivity contribution in [1.29, 1.82) is 0 Å². The normalized spacial score (nSPS) is 12.7. The molecule has 1 aliphatic heterocycles. The summed E-state index contributed by atoms with van der Waals surface area (Å²) >= 11 is 3.46. The van der Waals surface area contributed by atoms with Crippen molar-refractivity contribution < 1.29 is 16.5 Å². The molecule has 0 spiro atoms. The molecule has 1 aromatic rings. The molecule has 0 saturated heterocycles. The van der Waals surface area contributed by atoms with Gasteiger partial charge in [0.1, 0.15) is 0 Å². The van der Waals surface area contributed by atoms with Crippen molar-refractivity contribution in [2.24, 2.45) is 0 Å². The van der Waals surface area contributed by atoms with Crippen LogP contribution in [0.25, 0.3) is 0 Å². The van der Waals surface area contributed by atoms with Crippen molar-refractivity contribution in [3.8, 4) is 0 Å². The van der Waals surface area contributed by atoms with Gasteiger partial charge in [0, 0.05) is 0 Å². The zero-order valence-corrected chi connectivity index (χ0v) is 8.87. The van der Waals surface area contributed by atoms with Crippen LogP contribution in [0.4, 0.5) is 0 Å². The average molecular weight is 239 g/mol. The molecule has 0 nitrogen and oxygen atoms in total. The van der Waals surface area contributed by atoms with Crippen LogP contribution in [0.2, 0.25) is 0 Å². The summed E-state index contributed by atoms with van der Waals surface area (Å²) in [7, 11) is 0. The molecular weight excluding hydrogens is 231 g/mol. The molecule has 1 heterocycles. The number of benzene rings is 1. The molecule has 1 aromatic carbocycles. The Labute approximate surface area is 92.1 Å². The number of rotatable bonds is 0. The Kier molecular flexibility index (Phi) is 9.36. The zero-order valence-electron chi connectivity index (χ0n) is 6.25. The van der Waals surface area contributed by atoms with Crippen LogP contribution >= 0.6 is 23.5 Å². The van der Waals surface area contributed by atoms with Gasteiger partial charge in [0.05, 0.1) is 0 Å². The van der Waals surface area contributed by atoms with Gasteiger partial charge in [0.25, 0.3) is 0 Å². The van der Waals surface area contributed by atoms with Gasteiger partial charge in [-0.1, -0.05) is 10.8 Å². The summed E-state index contributed by atoms with van der Waals surface area (Å²) < 4.78 is 0. The smallest absolute Gasteiger partial charge is 0.313 e. The second kappa shape index (κ2) is 9.24. The third-order valence-electron chi connectivity index (χ3n) is 0.931. The predicted molar refractivity (Wildman–Crippen MR) is 53.9 cm³/mol. The molecule has 66 valence electrons. The van der Waals surface area contributed by atoms with Crippen molar-refractivity contribution in [3.63, 3.8) is 0 Å². The van der Waals surface area contributed by atoms with E-state index >= 15 is 0 Å². The molecule has 3 heteroatoms. The first-order valence-corrected chi connectivity index (χ1v) is 5.07. The van der Waals surface area contributed by atoms with Crippen molar-refractivity contribution in [2.75, 3.05) is 0 Å². The van der Waals surface area contributed by atoms with E-state index in [0.717, 1.165) is 0 Å². The minimum absolute atomic E-state index is 0. The number of thioether (sulfide) groups is 2. The fourth-order valence-corrected chi connectivity index (χ4v) is 1.79. The molecule has 12 heavy (non-hydrogen) atoms. The van der Waals surface area contributed by atoms with Crippen LogP contribution in [0.3, 0.4) is 0 Å². The fraction of sp³-hybridized carbons (Fsp3) is 0. The van der Waals surface area contributed by atoms with Crippen molar-refractivity contribution in [3.05, 3.63) is 52.3 Å². The monoisotopic (exact) mass is 238 g/mol. The summed E-state index contributed by atoms with van der Waals surface area (Å²) in [4.78, 5) is 0. The maximum Gasteiger partial charge on any atom is 2.00 e. The van der Waals surface area contributed by atoms with E-state index in [1.165, 1.54) is 0 Å². The van der Waals surface area contributed by atoms with E-state index in [1.54, 1.807) is 23.5 Å². The molecule has 2 rings (SSSR count). The Morgan fingerprint density at radius 3 is 1.67 bits per heavy atom. The molecule has 0 aliphatic carbocycles. The van der Waals surface area contributed by atoms with Gasteiger partial charge in [0.15, 0.2) is 0 Å². The van der Waals surface area contributed by atoms with E-state index in [1.807, 2.05) is 30.3 Å². The number of hydrogen-bond acceptors (Lipinski definition) is 2. The van der Waals surface area contributed by atoms with Crippen LogP contribution in [0.5, 0.6) is 0 Å². The van der Waals surface area contributed by atoms with Gasteiger partial charge in [-0.05, 0) is 0 Å². The van der Waals surface area contributed by atoms with Crippen LogP contribution < -0.4 is 0 Å². The van der Waals surface area contributed by atoms with Gasteiger partial charge >= 0.3 is 16.5 Å². The minimum Gasteiger partial charge on any atom is -0.313 e. The van der Waals surface area contributed by atoms with Gasteiger partial charge in [-0.25, -0.2) is 5.08 Å². The Bertz CT molecular complexity index is 166. The minimum atomic E-state index is 0. The summed E-state index contributed by atoms with van der Waals surface area (Å²) in [6, 6.07) is 12.5. The molecule has 0 amide bonds. The largest absolute Gasteiger partial charge is 2.00 e. The summed E-state index contributed by atoms with van der Waals surface area (Å²) in [6.07, 6.45) is 0. The van der Waals surface area contributed by atoms with Crippen molar-refractivity contribution >= 4 is 23.5 Å². The summed E-state index contributed by atoms with van der Waals surface area (Å²) in [5, 5.41) is 6.20. The number of hydrogen-bond donors (Lipinski definition) is 0. The van der Waals surface area contributed by atoms with Gasteiger partial charge in [0.2, 0.25) is 0 Å². The van der Waals surface area contributed by atoms with Crippen LogP contribution in [0.1, 0.15) is 0 Å².